The summed E-state index contributed by atoms with van der Waals surface area (Å²) in [6.45, 7) is 0. The summed E-state index contributed by atoms with van der Waals surface area (Å²) in [6, 6.07) is 8.24. The van der Waals surface area contributed by atoms with Crippen molar-refractivity contribution in [1.29, 1.82) is 0 Å². The third kappa shape index (κ3) is 3.11. The van der Waals surface area contributed by atoms with Crippen LogP contribution in [0.25, 0.3) is 0 Å². The second-order valence-electron chi connectivity index (χ2n) is 3.61. The lowest BCUT2D eigenvalue weighted by molar-refractivity contribution is -0.117. The van der Waals surface area contributed by atoms with Gasteiger partial charge in [0.15, 0.2) is 0 Å². The molecular formula is C12H10BrClN2OS. The van der Waals surface area contributed by atoms with Gasteiger partial charge in [0.05, 0.1) is 5.02 Å². The maximum absolute atomic E-state index is 11.9. The zero-order valence-corrected chi connectivity index (χ0v) is 12.3. The molecule has 94 valence electrons. The van der Waals surface area contributed by atoms with Crippen molar-refractivity contribution in [3.05, 3.63) is 50.1 Å². The van der Waals surface area contributed by atoms with Crippen LogP contribution in [0, 0.1) is 0 Å². The number of rotatable bonds is 3. The SMILES string of the molecule is NC(C(=O)Nc1ccc(Br)c(Cl)c1)c1cccs1. The maximum Gasteiger partial charge on any atom is 0.246 e. The molecule has 0 radical (unpaired) electrons. The Hall–Kier alpha value is -0.880. The Labute approximate surface area is 122 Å². The van der Waals surface area contributed by atoms with Crippen LogP contribution in [0.4, 0.5) is 5.69 Å². The zero-order chi connectivity index (χ0) is 13.1. The summed E-state index contributed by atoms with van der Waals surface area (Å²) in [6.07, 6.45) is 0. The van der Waals surface area contributed by atoms with Crippen molar-refractivity contribution in [3.63, 3.8) is 0 Å². The molecule has 0 aliphatic rings. The predicted octanol–water partition coefficient (Wildman–Crippen LogP) is 3.80. The second-order valence-corrected chi connectivity index (χ2v) is 5.85. The molecule has 2 rings (SSSR count). The topological polar surface area (TPSA) is 55.1 Å². The van der Waals surface area contributed by atoms with Crippen molar-refractivity contribution in [3.8, 4) is 0 Å². The predicted molar refractivity (Wildman–Crippen MR) is 79.0 cm³/mol. The van der Waals surface area contributed by atoms with Gasteiger partial charge in [0.2, 0.25) is 5.91 Å². The molecule has 3 nitrogen and oxygen atoms in total. The molecule has 1 unspecified atom stereocenters. The molecular weight excluding hydrogens is 336 g/mol. The second kappa shape index (κ2) is 5.84. The monoisotopic (exact) mass is 344 g/mol. The smallest absolute Gasteiger partial charge is 0.246 e. The van der Waals surface area contributed by atoms with Crippen molar-refractivity contribution < 1.29 is 4.79 Å². The summed E-state index contributed by atoms with van der Waals surface area (Å²) >= 11 is 10.7. The zero-order valence-electron chi connectivity index (χ0n) is 9.19. The minimum Gasteiger partial charge on any atom is -0.324 e. The first-order chi connectivity index (χ1) is 8.58. The van der Waals surface area contributed by atoms with E-state index in [0.717, 1.165) is 9.35 Å². The Bertz CT molecular complexity index is 559. The number of thiophene rings is 1. The van der Waals surface area contributed by atoms with Gasteiger partial charge in [0, 0.05) is 15.0 Å². The fourth-order valence-corrected chi connectivity index (χ4v) is 2.54. The van der Waals surface area contributed by atoms with Crippen LogP contribution in [-0.4, -0.2) is 5.91 Å². The Morgan fingerprint density at radius 2 is 2.22 bits per heavy atom. The minimum absolute atomic E-state index is 0.254. The van der Waals surface area contributed by atoms with Crippen LogP contribution in [0.5, 0.6) is 0 Å². The van der Waals surface area contributed by atoms with Crippen LogP contribution in [0.2, 0.25) is 5.02 Å². The van der Waals surface area contributed by atoms with E-state index >= 15 is 0 Å². The molecule has 1 heterocycles. The molecule has 1 atom stereocenters. The largest absolute Gasteiger partial charge is 0.324 e. The highest BCUT2D eigenvalue weighted by Crippen LogP contribution is 2.26. The molecule has 1 aromatic heterocycles. The van der Waals surface area contributed by atoms with E-state index in [-0.39, 0.29) is 5.91 Å². The van der Waals surface area contributed by atoms with Gasteiger partial charge < -0.3 is 11.1 Å². The lowest BCUT2D eigenvalue weighted by Gasteiger charge is -2.11. The summed E-state index contributed by atoms with van der Waals surface area (Å²) in [5, 5.41) is 5.16. The van der Waals surface area contributed by atoms with E-state index in [1.165, 1.54) is 11.3 Å². The molecule has 0 saturated heterocycles. The van der Waals surface area contributed by atoms with E-state index in [0.29, 0.717) is 10.7 Å². The number of hydrogen-bond donors (Lipinski definition) is 2. The van der Waals surface area contributed by atoms with Gasteiger partial charge in [-0.25, -0.2) is 0 Å². The maximum atomic E-state index is 11.9. The number of anilines is 1. The van der Waals surface area contributed by atoms with Gasteiger partial charge in [0.1, 0.15) is 6.04 Å². The highest BCUT2D eigenvalue weighted by atomic mass is 79.9. The number of amides is 1. The molecule has 0 saturated carbocycles. The number of carbonyl (C=O) groups is 1. The van der Waals surface area contributed by atoms with E-state index in [1.807, 2.05) is 17.5 Å². The molecule has 0 aliphatic heterocycles. The number of carbonyl (C=O) groups excluding carboxylic acids is 1. The molecule has 3 N–H and O–H groups in total. The van der Waals surface area contributed by atoms with Gasteiger partial charge >= 0.3 is 0 Å². The van der Waals surface area contributed by atoms with Crippen molar-refractivity contribution in [2.45, 2.75) is 6.04 Å². The van der Waals surface area contributed by atoms with E-state index < -0.39 is 6.04 Å². The van der Waals surface area contributed by atoms with Gasteiger partial charge in [-0.1, -0.05) is 17.7 Å². The lowest BCUT2D eigenvalue weighted by Crippen LogP contribution is -2.26. The third-order valence-electron chi connectivity index (χ3n) is 2.32. The molecule has 2 aromatic rings. The summed E-state index contributed by atoms with van der Waals surface area (Å²) < 4.78 is 0.782. The van der Waals surface area contributed by atoms with Crippen LogP contribution >= 0.6 is 38.9 Å². The number of benzene rings is 1. The standard InChI is InChI=1S/C12H10BrClN2OS/c13-8-4-3-7(6-9(8)14)16-12(17)11(15)10-2-1-5-18-10/h1-6,11H,15H2,(H,16,17). The van der Waals surface area contributed by atoms with Crippen LogP contribution in [-0.2, 0) is 4.79 Å². The summed E-state index contributed by atoms with van der Waals surface area (Å²) in [7, 11) is 0. The number of nitrogens with one attached hydrogen (secondary N) is 1. The van der Waals surface area contributed by atoms with Crippen molar-refractivity contribution in [1.82, 2.24) is 0 Å². The highest BCUT2D eigenvalue weighted by Gasteiger charge is 2.16. The minimum atomic E-state index is -0.660. The lowest BCUT2D eigenvalue weighted by atomic mass is 10.2. The van der Waals surface area contributed by atoms with Gasteiger partial charge in [-0.3, -0.25) is 4.79 Å². The molecule has 0 fully saturated rings. The first-order valence-corrected chi connectivity index (χ1v) is 7.18. The summed E-state index contributed by atoms with van der Waals surface area (Å²) in [5.74, 6) is -0.254. The summed E-state index contributed by atoms with van der Waals surface area (Å²) in [4.78, 5) is 12.8. The molecule has 6 heteroatoms. The Morgan fingerprint density at radius 1 is 1.44 bits per heavy atom. The van der Waals surface area contributed by atoms with E-state index in [1.54, 1.807) is 18.2 Å². The van der Waals surface area contributed by atoms with Crippen LogP contribution in [0.1, 0.15) is 10.9 Å². The van der Waals surface area contributed by atoms with Crippen molar-refractivity contribution >= 4 is 50.5 Å². The average Bonchev–Trinajstić information content (AvgIpc) is 2.86. The average molecular weight is 346 g/mol. The molecule has 18 heavy (non-hydrogen) atoms. The van der Waals surface area contributed by atoms with Crippen molar-refractivity contribution in [2.24, 2.45) is 5.73 Å². The fraction of sp³-hybridized carbons (Fsp3) is 0.0833. The molecule has 0 bridgehead atoms. The fourth-order valence-electron chi connectivity index (χ4n) is 1.39. The van der Waals surface area contributed by atoms with Gasteiger partial charge in [-0.05, 0) is 45.6 Å². The number of nitrogens with two attached hydrogens (primary N) is 1. The number of halogens is 2. The van der Waals surface area contributed by atoms with Crippen LogP contribution in [0.3, 0.4) is 0 Å². The quantitative estimate of drug-likeness (QED) is 0.889. The van der Waals surface area contributed by atoms with Gasteiger partial charge in [0.25, 0.3) is 0 Å². The molecule has 0 spiro atoms. The first-order valence-electron chi connectivity index (χ1n) is 5.13. The first kappa shape index (κ1) is 13.5. The Kier molecular flexibility index (Phi) is 4.40. The van der Waals surface area contributed by atoms with Crippen LogP contribution < -0.4 is 11.1 Å². The van der Waals surface area contributed by atoms with E-state index in [9.17, 15) is 4.79 Å². The number of hydrogen-bond acceptors (Lipinski definition) is 3. The normalized spacial score (nSPS) is 12.2. The van der Waals surface area contributed by atoms with E-state index in [2.05, 4.69) is 21.2 Å². The molecule has 1 aromatic carbocycles. The molecule has 1 amide bonds. The van der Waals surface area contributed by atoms with Gasteiger partial charge in [-0.2, -0.15) is 0 Å². The van der Waals surface area contributed by atoms with Crippen molar-refractivity contribution in [2.75, 3.05) is 5.32 Å². The third-order valence-corrected chi connectivity index (χ3v) is 4.51. The Balaban J connectivity index is 2.09. The molecule has 0 aliphatic carbocycles. The van der Waals surface area contributed by atoms with E-state index in [4.69, 9.17) is 17.3 Å². The summed E-state index contributed by atoms with van der Waals surface area (Å²) in [5.41, 5.74) is 6.48. The Morgan fingerprint density at radius 3 is 2.83 bits per heavy atom. The highest BCUT2D eigenvalue weighted by molar-refractivity contribution is 9.10. The van der Waals surface area contributed by atoms with Gasteiger partial charge in [-0.15, -0.1) is 11.3 Å². The van der Waals surface area contributed by atoms with Crippen LogP contribution in [0.15, 0.2) is 40.2 Å².